The lowest BCUT2D eigenvalue weighted by atomic mass is 9.92. The average molecular weight is 197 g/mol. The van der Waals surface area contributed by atoms with Crippen molar-refractivity contribution < 1.29 is 0 Å². The van der Waals surface area contributed by atoms with Crippen LogP contribution in [-0.2, 0) is 0 Å². The molecule has 15 heavy (non-hydrogen) atoms. The molecule has 0 aliphatic rings. The number of fused-ring (bicyclic) bond motifs is 1. The van der Waals surface area contributed by atoms with Crippen molar-refractivity contribution in [3.8, 4) is 0 Å². The third-order valence-electron chi connectivity index (χ3n) is 2.51. The molecule has 3 heteroatoms. The summed E-state index contributed by atoms with van der Waals surface area (Å²) in [5.74, 6) is 0. The maximum atomic E-state index is 11.8. The van der Waals surface area contributed by atoms with E-state index >= 15 is 0 Å². The number of hydrogen-bond acceptors (Lipinski definition) is 1. The molecule has 0 spiro atoms. The van der Waals surface area contributed by atoms with Gasteiger partial charge < -0.3 is 4.57 Å². The molecule has 1 aromatic heterocycles. The number of aromatic nitrogens is 1. The first kappa shape index (κ1) is 10.0. The van der Waals surface area contributed by atoms with Gasteiger partial charge in [-0.15, -0.1) is 0 Å². The van der Waals surface area contributed by atoms with E-state index in [9.17, 15) is 4.79 Å². The van der Waals surface area contributed by atoms with Gasteiger partial charge in [0.05, 0.1) is 5.52 Å². The maximum Gasteiger partial charge on any atom is 0.250 e. The van der Waals surface area contributed by atoms with E-state index in [1.165, 1.54) is 6.07 Å². The van der Waals surface area contributed by atoms with E-state index in [4.69, 9.17) is 7.85 Å². The highest BCUT2D eigenvalue weighted by Crippen LogP contribution is 2.13. The van der Waals surface area contributed by atoms with Crippen molar-refractivity contribution in [1.82, 2.24) is 4.57 Å². The minimum Gasteiger partial charge on any atom is -0.306 e. The minimum absolute atomic E-state index is 0.0406. The molecule has 0 bridgehead atoms. The molecule has 0 aliphatic heterocycles. The Morgan fingerprint density at radius 2 is 1.93 bits per heavy atom. The van der Waals surface area contributed by atoms with Gasteiger partial charge in [-0.2, -0.15) is 0 Å². The molecule has 1 aromatic carbocycles. The summed E-state index contributed by atoms with van der Waals surface area (Å²) in [6.07, 6.45) is 0. The van der Waals surface area contributed by atoms with Crippen molar-refractivity contribution in [1.29, 1.82) is 0 Å². The van der Waals surface area contributed by atoms with Crippen molar-refractivity contribution in [3.63, 3.8) is 0 Å². The molecule has 0 amide bonds. The van der Waals surface area contributed by atoms with Crippen LogP contribution < -0.4 is 11.0 Å². The molecule has 0 unspecified atom stereocenters. The van der Waals surface area contributed by atoms with Crippen LogP contribution in [0.2, 0.25) is 0 Å². The summed E-state index contributed by atoms with van der Waals surface area (Å²) in [6.45, 7) is 3.98. The first-order chi connectivity index (χ1) is 7.11. The monoisotopic (exact) mass is 197 g/mol. The normalized spacial score (nSPS) is 11.1. The van der Waals surface area contributed by atoms with E-state index in [1.807, 2.05) is 38.1 Å². The predicted molar refractivity (Wildman–Crippen MR) is 64.0 cm³/mol. The molecular weight excluding hydrogens is 185 g/mol. The van der Waals surface area contributed by atoms with Gasteiger partial charge in [-0.25, -0.2) is 0 Å². The first-order valence-corrected chi connectivity index (χ1v) is 5.01. The Morgan fingerprint density at radius 3 is 2.60 bits per heavy atom. The highest BCUT2D eigenvalue weighted by atomic mass is 16.1. The van der Waals surface area contributed by atoms with E-state index in [0.717, 1.165) is 10.9 Å². The lowest BCUT2D eigenvalue weighted by molar-refractivity contribution is 0.601. The number of pyridine rings is 1. The number of benzene rings is 1. The summed E-state index contributed by atoms with van der Waals surface area (Å²) in [5, 5.41) is 0.936. The van der Waals surface area contributed by atoms with Crippen LogP contribution in [0, 0.1) is 0 Å². The maximum absolute atomic E-state index is 11.8. The topological polar surface area (TPSA) is 22.0 Å². The highest BCUT2D eigenvalue weighted by Gasteiger charge is 2.07. The number of nitrogens with zero attached hydrogens (tertiary/aromatic N) is 1. The number of rotatable bonds is 1. The number of para-hydroxylation sites is 1. The third kappa shape index (κ3) is 1.58. The van der Waals surface area contributed by atoms with Crippen LogP contribution in [0.1, 0.15) is 19.9 Å². The van der Waals surface area contributed by atoms with E-state index in [1.54, 1.807) is 4.57 Å². The number of hydrogen-bond donors (Lipinski definition) is 0. The van der Waals surface area contributed by atoms with Crippen LogP contribution in [0.15, 0.2) is 35.1 Å². The molecule has 74 valence electrons. The largest absolute Gasteiger partial charge is 0.306 e. The molecule has 2 aromatic rings. The van der Waals surface area contributed by atoms with Crippen molar-refractivity contribution in [3.05, 3.63) is 40.7 Å². The van der Waals surface area contributed by atoms with E-state index < -0.39 is 0 Å². The van der Waals surface area contributed by atoms with Gasteiger partial charge in [0.2, 0.25) is 0 Å². The second-order valence-electron chi connectivity index (χ2n) is 3.92. The minimum atomic E-state index is -0.0406. The molecule has 1 heterocycles. The molecule has 0 N–H and O–H groups in total. The fourth-order valence-corrected chi connectivity index (χ4v) is 1.86. The highest BCUT2D eigenvalue weighted by molar-refractivity contribution is 6.38. The van der Waals surface area contributed by atoms with E-state index in [0.29, 0.717) is 5.46 Å². The molecule has 2 radical (unpaired) electrons. The molecule has 0 saturated heterocycles. The summed E-state index contributed by atoms with van der Waals surface area (Å²) < 4.78 is 1.76. The Morgan fingerprint density at radius 1 is 1.27 bits per heavy atom. The van der Waals surface area contributed by atoms with Crippen molar-refractivity contribution in [2.24, 2.45) is 0 Å². The molecule has 2 rings (SSSR count). The van der Waals surface area contributed by atoms with Gasteiger partial charge in [0.1, 0.15) is 7.85 Å². The molecule has 0 fully saturated rings. The second kappa shape index (κ2) is 3.57. The van der Waals surface area contributed by atoms with Crippen LogP contribution in [0.3, 0.4) is 0 Å². The first-order valence-electron chi connectivity index (χ1n) is 5.01. The Bertz CT molecular complexity index is 557. The standard InChI is InChI=1S/C12H12BNO/c1-8(2)14-11-6-4-3-5-9(11)10(13)7-12(14)15/h3-8H,1-2H3. The lowest BCUT2D eigenvalue weighted by Crippen LogP contribution is -2.26. The summed E-state index contributed by atoms with van der Waals surface area (Å²) in [6, 6.07) is 9.33. The Kier molecular flexibility index (Phi) is 2.39. The average Bonchev–Trinajstić information content (AvgIpc) is 2.17. The van der Waals surface area contributed by atoms with Crippen LogP contribution in [-0.4, -0.2) is 12.4 Å². The molecule has 0 saturated carbocycles. The smallest absolute Gasteiger partial charge is 0.250 e. The zero-order valence-electron chi connectivity index (χ0n) is 8.90. The SMILES string of the molecule is [B]c1cc(=O)n(C(C)C)c2ccccc12. The Labute approximate surface area is 90.0 Å². The van der Waals surface area contributed by atoms with Crippen molar-refractivity contribution in [2.45, 2.75) is 19.9 Å². The van der Waals surface area contributed by atoms with E-state index in [-0.39, 0.29) is 11.6 Å². The van der Waals surface area contributed by atoms with Gasteiger partial charge >= 0.3 is 0 Å². The van der Waals surface area contributed by atoms with Gasteiger partial charge in [0.15, 0.2) is 0 Å². The third-order valence-corrected chi connectivity index (χ3v) is 2.51. The second-order valence-corrected chi connectivity index (χ2v) is 3.92. The van der Waals surface area contributed by atoms with E-state index in [2.05, 4.69) is 0 Å². The van der Waals surface area contributed by atoms with Gasteiger partial charge in [0, 0.05) is 6.04 Å². The van der Waals surface area contributed by atoms with Crippen molar-refractivity contribution >= 4 is 24.2 Å². The van der Waals surface area contributed by atoms with Gasteiger partial charge in [-0.3, -0.25) is 4.79 Å². The van der Waals surface area contributed by atoms with Gasteiger partial charge in [-0.05, 0) is 31.4 Å². The fraction of sp³-hybridized carbons (Fsp3) is 0.250. The van der Waals surface area contributed by atoms with Crippen LogP contribution in [0.4, 0.5) is 0 Å². The summed E-state index contributed by atoms with van der Waals surface area (Å²) in [5.41, 5.74) is 1.41. The molecule has 0 aliphatic carbocycles. The van der Waals surface area contributed by atoms with Crippen molar-refractivity contribution in [2.75, 3.05) is 0 Å². The zero-order valence-corrected chi connectivity index (χ0v) is 8.90. The Balaban J connectivity index is 2.96. The summed E-state index contributed by atoms with van der Waals surface area (Å²) >= 11 is 0. The van der Waals surface area contributed by atoms with Gasteiger partial charge in [-0.1, -0.05) is 23.7 Å². The molecule has 0 atom stereocenters. The summed E-state index contributed by atoms with van der Waals surface area (Å²) in [7, 11) is 5.81. The van der Waals surface area contributed by atoms with Crippen LogP contribution >= 0.6 is 0 Å². The lowest BCUT2D eigenvalue weighted by Gasteiger charge is -2.15. The van der Waals surface area contributed by atoms with Crippen LogP contribution in [0.25, 0.3) is 10.9 Å². The predicted octanol–water partition coefficient (Wildman–Crippen LogP) is 1.38. The quantitative estimate of drug-likeness (QED) is 0.633. The zero-order chi connectivity index (χ0) is 11.0. The van der Waals surface area contributed by atoms with Crippen LogP contribution in [0.5, 0.6) is 0 Å². The molecule has 2 nitrogen and oxygen atoms in total. The molecular formula is C12H12BNO. The fourth-order valence-electron chi connectivity index (χ4n) is 1.86. The summed E-state index contributed by atoms with van der Waals surface area (Å²) in [4.78, 5) is 11.8. The Hall–Kier alpha value is -1.51. The van der Waals surface area contributed by atoms with Gasteiger partial charge in [0.25, 0.3) is 5.56 Å².